The van der Waals surface area contributed by atoms with Crippen molar-refractivity contribution in [3.05, 3.63) is 47.1 Å². The summed E-state index contributed by atoms with van der Waals surface area (Å²) in [4.78, 5) is 35.8. The van der Waals surface area contributed by atoms with E-state index in [1.54, 1.807) is 13.0 Å². The fourth-order valence-corrected chi connectivity index (χ4v) is 3.41. The zero-order chi connectivity index (χ0) is 21.6. The molecule has 0 radical (unpaired) electrons. The van der Waals surface area contributed by atoms with Crippen molar-refractivity contribution in [3.8, 4) is 0 Å². The average Bonchev–Trinajstić information content (AvgIpc) is 2.92. The van der Waals surface area contributed by atoms with Crippen LogP contribution >= 0.6 is 0 Å². The molecule has 1 N–H and O–H groups in total. The maximum Gasteiger partial charge on any atom is 0.334 e. The molecular formula is C22H28O7. The Labute approximate surface area is 170 Å². The van der Waals surface area contributed by atoms with Gasteiger partial charge in [-0.25, -0.2) is 9.59 Å². The van der Waals surface area contributed by atoms with Gasteiger partial charge in [0, 0.05) is 24.5 Å². The second kappa shape index (κ2) is 10.2. The quantitative estimate of drug-likeness (QED) is 0.325. The first-order valence-electron chi connectivity index (χ1n) is 9.59. The highest BCUT2D eigenvalue weighted by Gasteiger charge is 2.44. The number of hydrogen-bond donors (Lipinski definition) is 1. The van der Waals surface area contributed by atoms with Crippen molar-refractivity contribution in [1.82, 2.24) is 0 Å². The van der Waals surface area contributed by atoms with Crippen molar-refractivity contribution in [2.75, 3.05) is 13.2 Å². The van der Waals surface area contributed by atoms with E-state index >= 15 is 0 Å². The summed E-state index contributed by atoms with van der Waals surface area (Å²) >= 11 is 0. The predicted octanol–water partition coefficient (Wildman–Crippen LogP) is 2.55. The molecule has 1 aliphatic carbocycles. The van der Waals surface area contributed by atoms with Crippen molar-refractivity contribution in [2.45, 2.75) is 52.2 Å². The van der Waals surface area contributed by atoms with Gasteiger partial charge in [-0.05, 0) is 44.4 Å². The lowest BCUT2D eigenvalue weighted by atomic mass is 9.85. The zero-order valence-electron chi connectivity index (χ0n) is 17.1. The summed E-state index contributed by atoms with van der Waals surface area (Å²) in [5.74, 6) is -2.05. The number of allylic oxidation sites excluding steroid dienone is 1. The number of fused-ring (bicyclic) bond motifs is 1. The summed E-state index contributed by atoms with van der Waals surface area (Å²) in [7, 11) is 0. The van der Waals surface area contributed by atoms with Crippen molar-refractivity contribution >= 4 is 17.9 Å². The minimum Gasteiger partial charge on any atom is -0.461 e. The average molecular weight is 404 g/mol. The Bertz CT molecular complexity index is 772. The third-order valence-electron chi connectivity index (χ3n) is 4.98. The van der Waals surface area contributed by atoms with Crippen LogP contribution in [0.25, 0.3) is 0 Å². The lowest BCUT2D eigenvalue weighted by Gasteiger charge is -2.27. The van der Waals surface area contributed by atoms with Gasteiger partial charge in [-0.1, -0.05) is 18.2 Å². The molecule has 2 aliphatic rings. The third kappa shape index (κ3) is 6.15. The largest absolute Gasteiger partial charge is 0.461 e. The molecule has 0 aromatic heterocycles. The van der Waals surface area contributed by atoms with Gasteiger partial charge in [0.2, 0.25) is 0 Å². The highest BCUT2D eigenvalue weighted by molar-refractivity contribution is 5.92. The van der Waals surface area contributed by atoms with Crippen molar-refractivity contribution in [2.24, 2.45) is 5.92 Å². The molecule has 0 bridgehead atoms. The number of hydrogen-bond acceptors (Lipinski definition) is 7. The van der Waals surface area contributed by atoms with E-state index in [1.807, 2.05) is 13.0 Å². The summed E-state index contributed by atoms with van der Waals surface area (Å²) in [5, 5.41) is 9.01. The van der Waals surface area contributed by atoms with Crippen LogP contribution in [0.1, 0.15) is 40.0 Å². The van der Waals surface area contributed by atoms with E-state index in [9.17, 15) is 14.4 Å². The molecule has 0 aromatic carbocycles. The van der Waals surface area contributed by atoms with Crippen LogP contribution in [0.5, 0.6) is 0 Å². The Morgan fingerprint density at radius 2 is 2.10 bits per heavy atom. The lowest BCUT2D eigenvalue weighted by molar-refractivity contribution is -0.147. The van der Waals surface area contributed by atoms with Gasteiger partial charge in [0.05, 0.1) is 12.5 Å². The molecule has 1 fully saturated rings. The van der Waals surface area contributed by atoms with Crippen LogP contribution < -0.4 is 0 Å². The van der Waals surface area contributed by atoms with Gasteiger partial charge in [0.1, 0.15) is 18.8 Å². The fourth-order valence-electron chi connectivity index (χ4n) is 3.41. The molecule has 0 aromatic rings. The Kier molecular flexibility index (Phi) is 7.96. The number of aliphatic hydroxyl groups is 1. The highest BCUT2D eigenvalue weighted by Crippen LogP contribution is 2.36. The van der Waals surface area contributed by atoms with E-state index in [1.165, 1.54) is 13.0 Å². The Morgan fingerprint density at radius 3 is 2.76 bits per heavy atom. The van der Waals surface area contributed by atoms with E-state index in [-0.39, 0.29) is 24.4 Å². The minimum absolute atomic E-state index is 0.109. The van der Waals surface area contributed by atoms with Gasteiger partial charge in [-0.15, -0.1) is 0 Å². The monoisotopic (exact) mass is 404 g/mol. The first-order chi connectivity index (χ1) is 13.7. The number of esters is 3. The molecule has 7 nitrogen and oxygen atoms in total. The Balaban J connectivity index is 2.37. The molecule has 7 heteroatoms. The maximum atomic E-state index is 12.4. The molecule has 1 saturated heterocycles. The number of rotatable bonds is 5. The molecule has 0 unspecified atom stereocenters. The molecule has 1 heterocycles. The van der Waals surface area contributed by atoms with E-state index in [0.717, 1.165) is 17.6 Å². The van der Waals surface area contributed by atoms with Gasteiger partial charge >= 0.3 is 17.9 Å². The maximum absolute atomic E-state index is 12.4. The molecule has 0 amide bonds. The van der Waals surface area contributed by atoms with E-state index < -0.39 is 36.0 Å². The third-order valence-corrected chi connectivity index (χ3v) is 4.98. The summed E-state index contributed by atoms with van der Waals surface area (Å²) in [6.45, 7) is 8.52. The second-order valence-corrected chi connectivity index (χ2v) is 7.33. The van der Waals surface area contributed by atoms with Gasteiger partial charge in [0.25, 0.3) is 0 Å². The minimum atomic E-state index is -0.661. The first-order valence-corrected chi connectivity index (χ1v) is 9.59. The van der Waals surface area contributed by atoms with Crippen LogP contribution in [0, 0.1) is 5.92 Å². The van der Waals surface area contributed by atoms with Crippen LogP contribution in [0.15, 0.2) is 47.1 Å². The summed E-state index contributed by atoms with van der Waals surface area (Å²) in [6.07, 6.45) is 5.67. The van der Waals surface area contributed by atoms with Crippen molar-refractivity contribution in [3.63, 3.8) is 0 Å². The summed E-state index contributed by atoms with van der Waals surface area (Å²) in [5.41, 5.74) is 2.36. The summed E-state index contributed by atoms with van der Waals surface area (Å²) < 4.78 is 16.3. The molecule has 0 spiro atoms. The van der Waals surface area contributed by atoms with Gasteiger partial charge < -0.3 is 19.3 Å². The molecule has 1 aliphatic heterocycles. The van der Waals surface area contributed by atoms with Gasteiger partial charge in [0.15, 0.2) is 0 Å². The highest BCUT2D eigenvalue weighted by atomic mass is 16.6. The molecule has 2 rings (SSSR count). The Morgan fingerprint density at radius 1 is 1.38 bits per heavy atom. The number of carbonyl (C=O) groups excluding carboxylic acids is 3. The van der Waals surface area contributed by atoms with Crippen molar-refractivity contribution in [1.29, 1.82) is 0 Å². The van der Waals surface area contributed by atoms with E-state index in [0.29, 0.717) is 12.8 Å². The fraction of sp³-hybridized carbons (Fsp3) is 0.500. The standard InChI is InChI=1S/C22H28O7/c1-13-6-5-7-17(12-27-16(4)24)11-19-20(15(3)22(26)29-19)18(10-13)28-21(25)14(2)8-9-23/h6,8,11,18-20,23H,3,5,7,9-10,12H2,1-2,4H3/t18-,19-,20-/m1/s1. The van der Waals surface area contributed by atoms with E-state index in [4.69, 9.17) is 19.3 Å². The van der Waals surface area contributed by atoms with E-state index in [2.05, 4.69) is 6.58 Å². The normalized spacial score (nSPS) is 25.4. The molecule has 29 heavy (non-hydrogen) atoms. The first kappa shape index (κ1) is 22.6. The smallest absolute Gasteiger partial charge is 0.334 e. The van der Waals surface area contributed by atoms with Crippen LogP contribution in [-0.4, -0.2) is 48.4 Å². The van der Waals surface area contributed by atoms with Crippen LogP contribution in [0.3, 0.4) is 0 Å². The van der Waals surface area contributed by atoms with Crippen LogP contribution in [0.4, 0.5) is 0 Å². The van der Waals surface area contributed by atoms with Crippen molar-refractivity contribution < 1.29 is 33.7 Å². The van der Waals surface area contributed by atoms with Crippen LogP contribution in [-0.2, 0) is 28.6 Å². The number of carbonyl (C=O) groups is 3. The Hall–Kier alpha value is -2.67. The van der Waals surface area contributed by atoms with Crippen LogP contribution in [0.2, 0.25) is 0 Å². The topological polar surface area (TPSA) is 99.1 Å². The second-order valence-electron chi connectivity index (χ2n) is 7.33. The van der Waals surface area contributed by atoms with Gasteiger partial charge in [-0.2, -0.15) is 0 Å². The lowest BCUT2D eigenvalue weighted by Crippen LogP contribution is -2.33. The summed E-state index contributed by atoms with van der Waals surface area (Å²) in [6, 6.07) is 0. The zero-order valence-corrected chi connectivity index (χ0v) is 17.1. The number of ether oxygens (including phenoxy) is 3. The SMILES string of the molecule is C=C1C(=O)O[C@@H]2C=C(COC(C)=O)CCC=C(C)C[C@@H](OC(=O)C(C)=CCO)[C@@H]12. The molecule has 158 valence electrons. The predicted molar refractivity (Wildman–Crippen MR) is 106 cm³/mol. The molecular weight excluding hydrogens is 376 g/mol. The molecule has 0 saturated carbocycles. The molecule has 3 atom stereocenters. The van der Waals surface area contributed by atoms with Gasteiger partial charge in [-0.3, -0.25) is 4.79 Å². The number of aliphatic hydroxyl groups excluding tert-OH is 1.